The fourth-order valence-corrected chi connectivity index (χ4v) is 4.50. The Morgan fingerprint density at radius 3 is 2.65 bits per heavy atom. The Morgan fingerprint density at radius 1 is 1.12 bits per heavy atom. The molecule has 1 saturated carbocycles. The Labute approximate surface area is 156 Å². The molecule has 134 valence electrons. The van der Waals surface area contributed by atoms with E-state index in [0.717, 1.165) is 21.6 Å². The predicted octanol–water partition coefficient (Wildman–Crippen LogP) is 4.88. The van der Waals surface area contributed by atoms with Gasteiger partial charge in [-0.1, -0.05) is 37.5 Å². The van der Waals surface area contributed by atoms with E-state index in [-0.39, 0.29) is 5.91 Å². The summed E-state index contributed by atoms with van der Waals surface area (Å²) in [5.41, 5.74) is 8.61. The molecule has 2 aromatic heterocycles. The number of aromatic nitrogens is 1. The van der Waals surface area contributed by atoms with E-state index in [1.165, 1.54) is 43.4 Å². The number of nitrogen functional groups attached to an aromatic ring is 1. The molecule has 1 amide bonds. The van der Waals surface area contributed by atoms with Crippen LogP contribution in [0.4, 0.5) is 17.1 Å². The molecular formula is C20H22N4OS. The first-order valence-electron chi connectivity index (χ1n) is 9.02. The number of pyridine rings is 1. The number of amides is 1. The summed E-state index contributed by atoms with van der Waals surface area (Å²) in [6.45, 7) is 0. The lowest BCUT2D eigenvalue weighted by Gasteiger charge is -2.24. The summed E-state index contributed by atoms with van der Waals surface area (Å²) in [5.74, 6) is -0.194. The maximum absolute atomic E-state index is 12.7. The molecule has 3 aromatic rings. The molecule has 0 radical (unpaired) electrons. The zero-order valence-corrected chi connectivity index (χ0v) is 15.3. The number of thiophene rings is 1. The van der Waals surface area contributed by atoms with Crippen molar-refractivity contribution in [3.63, 3.8) is 0 Å². The summed E-state index contributed by atoms with van der Waals surface area (Å²) in [5, 5.41) is 7.39. The highest BCUT2D eigenvalue weighted by molar-refractivity contribution is 7.21. The minimum atomic E-state index is -0.194. The number of carbonyl (C=O) groups is 1. The average Bonchev–Trinajstić information content (AvgIpc) is 3.01. The van der Waals surface area contributed by atoms with Crippen LogP contribution in [0.2, 0.25) is 0 Å². The van der Waals surface area contributed by atoms with E-state index in [9.17, 15) is 4.79 Å². The summed E-state index contributed by atoms with van der Waals surface area (Å²) < 4.78 is 0. The van der Waals surface area contributed by atoms with Crippen LogP contribution in [0, 0.1) is 0 Å². The molecule has 4 rings (SSSR count). The highest BCUT2D eigenvalue weighted by atomic mass is 32.1. The number of rotatable bonds is 4. The van der Waals surface area contributed by atoms with Crippen LogP contribution >= 0.6 is 11.3 Å². The highest BCUT2D eigenvalue weighted by Crippen LogP contribution is 2.38. The van der Waals surface area contributed by atoms with Gasteiger partial charge in [0.25, 0.3) is 5.91 Å². The quantitative estimate of drug-likeness (QED) is 0.615. The molecule has 26 heavy (non-hydrogen) atoms. The largest absolute Gasteiger partial charge is 0.397 e. The van der Waals surface area contributed by atoms with Crippen LogP contribution in [-0.2, 0) is 0 Å². The van der Waals surface area contributed by atoms with Crippen molar-refractivity contribution < 1.29 is 4.79 Å². The molecule has 0 unspecified atom stereocenters. The minimum Gasteiger partial charge on any atom is -0.397 e. The number of benzene rings is 1. The van der Waals surface area contributed by atoms with Crippen LogP contribution in [0.25, 0.3) is 10.2 Å². The van der Waals surface area contributed by atoms with Crippen LogP contribution < -0.4 is 16.4 Å². The lowest BCUT2D eigenvalue weighted by Crippen LogP contribution is -2.22. The Bertz CT molecular complexity index is 916. The van der Waals surface area contributed by atoms with Crippen molar-refractivity contribution in [2.24, 2.45) is 0 Å². The molecule has 1 fully saturated rings. The molecule has 0 bridgehead atoms. The van der Waals surface area contributed by atoms with Crippen LogP contribution in [0.3, 0.4) is 0 Å². The zero-order chi connectivity index (χ0) is 17.9. The predicted molar refractivity (Wildman–Crippen MR) is 109 cm³/mol. The van der Waals surface area contributed by atoms with Crippen molar-refractivity contribution in [1.82, 2.24) is 4.98 Å². The standard InChI is InChI=1S/C20H22N4OS/c21-17-16-15(23-13-7-3-1-4-8-13)11-12-22-20(16)26-18(17)19(25)24-14-9-5-2-6-10-14/h2,5-6,9-13H,1,3-4,7-8,21H2,(H,22,23)(H,24,25). The first kappa shape index (κ1) is 16.8. The summed E-state index contributed by atoms with van der Waals surface area (Å²) in [6.07, 6.45) is 7.96. The van der Waals surface area contributed by atoms with E-state index in [1.54, 1.807) is 6.20 Å². The van der Waals surface area contributed by atoms with E-state index < -0.39 is 0 Å². The third kappa shape index (κ3) is 3.37. The number of fused-ring (bicyclic) bond motifs is 1. The molecule has 2 heterocycles. The lowest BCUT2D eigenvalue weighted by molar-refractivity contribution is 0.103. The molecule has 6 heteroatoms. The second-order valence-corrected chi connectivity index (χ2v) is 7.68. The normalized spacial score (nSPS) is 15.1. The monoisotopic (exact) mass is 366 g/mol. The maximum Gasteiger partial charge on any atom is 0.267 e. The minimum absolute atomic E-state index is 0.194. The smallest absolute Gasteiger partial charge is 0.267 e. The van der Waals surface area contributed by atoms with Gasteiger partial charge < -0.3 is 16.4 Å². The van der Waals surface area contributed by atoms with Gasteiger partial charge in [0.2, 0.25) is 0 Å². The van der Waals surface area contributed by atoms with Gasteiger partial charge in [0.05, 0.1) is 11.1 Å². The Balaban J connectivity index is 1.63. The van der Waals surface area contributed by atoms with Crippen molar-refractivity contribution in [2.75, 3.05) is 16.4 Å². The Morgan fingerprint density at radius 2 is 1.88 bits per heavy atom. The van der Waals surface area contributed by atoms with Crippen LogP contribution in [0.5, 0.6) is 0 Å². The van der Waals surface area contributed by atoms with E-state index in [0.29, 0.717) is 16.6 Å². The van der Waals surface area contributed by atoms with Crippen molar-refractivity contribution in [1.29, 1.82) is 0 Å². The molecular weight excluding hydrogens is 344 g/mol. The third-order valence-electron chi connectivity index (χ3n) is 4.83. The number of anilines is 3. The number of nitrogens with two attached hydrogens (primary N) is 1. The van der Waals surface area contributed by atoms with Gasteiger partial charge in [-0.05, 0) is 31.0 Å². The molecule has 1 aromatic carbocycles. The first-order chi connectivity index (χ1) is 12.7. The second-order valence-electron chi connectivity index (χ2n) is 6.68. The molecule has 0 spiro atoms. The summed E-state index contributed by atoms with van der Waals surface area (Å²) >= 11 is 1.34. The number of nitrogens with one attached hydrogen (secondary N) is 2. The van der Waals surface area contributed by atoms with Gasteiger partial charge in [-0.3, -0.25) is 4.79 Å². The van der Waals surface area contributed by atoms with Gasteiger partial charge in [0.1, 0.15) is 9.71 Å². The molecule has 0 atom stereocenters. The summed E-state index contributed by atoms with van der Waals surface area (Å²) in [4.78, 5) is 18.4. The SMILES string of the molecule is Nc1c(C(=O)Nc2ccccc2)sc2nccc(NC3CCCCC3)c12. The van der Waals surface area contributed by atoms with Crippen molar-refractivity contribution in [2.45, 2.75) is 38.1 Å². The van der Waals surface area contributed by atoms with Crippen LogP contribution in [-0.4, -0.2) is 16.9 Å². The highest BCUT2D eigenvalue weighted by Gasteiger charge is 2.21. The van der Waals surface area contributed by atoms with Gasteiger partial charge in [-0.25, -0.2) is 4.98 Å². The fraction of sp³-hybridized carbons (Fsp3) is 0.300. The van der Waals surface area contributed by atoms with Crippen LogP contribution in [0.15, 0.2) is 42.6 Å². The van der Waals surface area contributed by atoms with Gasteiger partial charge in [-0.15, -0.1) is 11.3 Å². The fourth-order valence-electron chi connectivity index (χ4n) is 3.51. The summed E-state index contributed by atoms with van der Waals surface area (Å²) in [7, 11) is 0. The topological polar surface area (TPSA) is 80.0 Å². The Kier molecular flexibility index (Phi) is 4.75. The number of nitrogens with zero attached hydrogens (tertiary/aromatic N) is 1. The van der Waals surface area contributed by atoms with Gasteiger partial charge in [-0.2, -0.15) is 0 Å². The average molecular weight is 366 g/mol. The van der Waals surface area contributed by atoms with E-state index in [1.807, 2.05) is 36.4 Å². The van der Waals surface area contributed by atoms with Crippen molar-refractivity contribution in [3.8, 4) is 0 Å². The maximum atomic E-state index is 12.7. The molecule has 0 aliphatic heterocycles. The van der Waals surface area contributed by atoms with Gasteiger partial charge in [0.15, 0.2) is 0 Å². The number of hydrogen-bond donors (Lipinski definition) is 3. The van der Waals surface area contributed by atoms with Crippen molar-refractivity contribution in [3.05, 3.63) is 47.5 Å². The molecule has 5 nitrogen and oxygen atoms in total. The van der Waals surface area contributed by atoms with Gasteiger partial charge in [0, 0.05) is 23.6 Å². The lowest BCUT2D eigenvalue weighted by atomic mass is 9.95. The number of para-hydroxylation sites is 1. The molecule has 1 aliphatic rings. The van der Waals surface area contributed by atoms with Crippen LogP contribution in [0.1, 0.15) is 41.8 Å². The summed E-state index contributed by atoms with van der Waals surface area (Å²) in [6, 6.07) is 11.8. The van der Waals surface area contributed by atoms with E-state index in [2.05, 4.69) is 15.6 Å². The zero-order valence-electron chi connectivity index (χ0n) is 14.5. The van der Waals surface area contributed by atoms with Gasteiger partial charge >= 0.3 is 0 Å². The molecule has 4 N–H and O–H groups in total. The van der Waals surface area contributed by atoms with E-state index in [4.69, 9.17) is 5.73 Å². The second kappa shape index (κ2) is 7.33. The first-order valence-corrected chi connectivity index (χ1v) is 9.84. The molecule has 1 aliphatic carbocycles. The van der Waals surface area contributed by atoms with E-state index >= 15 is 0 Å². The third-order valence-corrected chi connectivity index (χ3v) is 5.94. The molecule has 0 saturated heterocycles. The number of hydrogen-bond acceptors (Lipinski definition) is 5. The van der Waals surface area contributed by atoms with Crippen molar-refractivity contribution >= 4 is 44.5 Å². The Hall–Kier alpha value is -2.60. The number of carbonyl (C=O) groups excluding carboxylic acids is 1.